The zero-order chi connectivity index (χ0) is 11.0. The first kappa shape index (κ1) is 14.4. The summed E-state index contributed by atoms with van der Waals surface area (Å²) in [6.07, 6.45) is 1.91. The molecule has 0 aromatic rings. The highest BCUT2D eigenvalue weighted by molar-refractivity contribution is 8.00. The maximum absolute atomic E-state index is 11.0. The fourth-order valence-electron chi connectivity index (χ4n) is 1.49. The van der Waals surface area contributed by atoms with Gasteiger partial charge in [0.15, 0.2) is 0 Å². The lowest BCUT2D eigenvalue weighted by atomic mass is 10.1. The van der Waals surface area contributed by atoms with Gasteiger partial charge in [-0.05, 0) is 24.9 Å². The number of hydrogen-bond acceptors (Lipinski definition) is 3. The van der Waals surface area contributed by atoms with Gasteiger partial charge in [-0.2, -0.15) is 23.5 Å². The van der Waals surface area contributed by atoms with Gasteiger partial charge in [-0.15, -0.1) is 0 Å². The fraction of sp³-hybridized carbons (Fsp3) is 0.909. The molecule has 0 aliphatic rings. The van der Waals surface area contributed by atoms with Crippen LogP contribution in [0.4, 0.5) is 0 Å². The summed E-state index contributed by atoms with van der Waals surface area (Å²) < 4.78 is 0. The van der Waals surface area contributed by atoms with Crippen LogP contribution in [0.2, 0.25) is 0 Å². The second-order valence-corrected chi connectivity index (χ2v) is 6.78. The van der Waals surface area contributed by atoms with E-state index >= 15 is 0 Å². The van der Waals surface area contributed by atoms with Crippen LogP contribution in [0.5, 0.6) is 0 Å². The van der Waals surface area contributed by atoms with Crippen molar-refractivity contribution in [2.24, 2.45) is 0 Å². The predicted molar refractivity (Wildman–Crippen MR) is 69.4 cm³/mol. The van der Waals surface area contributed by atoms with Crippen molar-refractivity contribution < 1.29 is 4.79 Å². The molecule has 0 radical (unpaired) electrons. The van der Waals surface area contributed by atoms with Crippen molar-refractivity contribution in [3.05, 3.63) is 0 Å². The summed E-state index contributed by atoms with van der Waals surface area (Å²) in [4.78, 5) is 11.0. The molecule has 0 saturated heterocycles. The third-order valence-corrected chi connectivity index (χ3v) is 4.22. The van der Waals surface area contributed by atoms with Gasteiger partial charge in [0.25, 0.3) is 0 Å². The molecule has 0 fully saturated rings. The number of hydrogen-bond donors (Lipinski definition) is 0. The number of Topliss-reactive ketones (excluding diaryl/α,β-unsaturated/α-hetero) is 1. The molecule has 0 aliphatic carbocycles. The van der Waals surface area contributed by atoms with Gasteiger partial charge in [0.2, 0.25) is 0 Å². The van der Waals surface area contributed by atoms with Gasteiger partial charge in [0, 0.05) is 16.9 Å². The largest absolute Gasteiger partial charge is 0.300 e. The predicted octanol–water partition coefficient (Wildman–Crippen LogP) is 3.62. The first-order chi connectivity index (χ1) is 6.60. The Hall–Kier alpha value is 0.370. The van der Waals surface area contributed by atoms with E-state index in [-0.39, 0.29) is 0 Å². The zero-order valence-electron chi connectivity index (χ0n) is 9.71. The van der Waals surface area contributed by atoms with Crippen LogP contribution >= 0.6 is 23.5 Å². The molecule has 0 aromatic carbocycles. The van der Waals surface area contributed by atoms with Gasteiger partial charge in [0.05, 0.1) is 0 Å². The molecule has 14 heavy (non-hydrogen) atoms. The van der Waals surface area contributed by atoms with Crippen molar-refractivity contribution in [1.29, 1.82) is 0 Å². The Kier molecular flexibility index (Phi) is 8.89. The van der Waals surface area contributed by atoms with Crippen molar-refractivity contribution in [3.8, 4) is 0 Å². The molecule has 84 valence electrons. The van der Waals surface area contributed by atoms with Crippen LogP contribution < -0.4 is 0 Å². The van der Waals surface area contributed by atoms with E-state index < -0.39 is 0 Å². The lowest BCUT2D eigenvalue weighted by Crippen LogP contribution is -2.14. The second kappa shape index (κ2) is 8.66. The molecular formula is C11H22OS2. The van der Waals surface area contributed by atoms with E-state index in [0.717, 1.165) is 18.6 Å². The van der Waals surface area contributed by atoms with Gasteiger partial charge in [-0.3, -0.25) is 4.79 Å². The normalized spacial score (nSPS) is 15.1. The number of carbonyl (C=O) groups is 1. The van der Waals surface area contributed by atoms with E-state index in [0.29, 0.717) is 16.3 Å². The Morgan fingerprint density at radius 3 is 2.21 bits per heavy atom. The molecule has 0 aliphatic heterocycles. The molecule has 2 atom stereocenters. The van der Waals surface area contributed by atoms with Gasteiger partial charge in [0.1, 0.15) is 5.78 Å². The minimum atomic E-state index is 0.324. The van der Waals surface area contributed by atoms with Crippen LogP contribution in [0.1, 0.15) is 40.5 Å². The van der Waals surface area contributed by atoms with Crippen LogP contribution in [0, 0.1) is 0 Å². The quantitative estimate of drug-likeness (QED) is 0.638. The molecule has 0 amide bonds. The van der Waals surface area contributed by atoms with Gasteiger partial charge in [-0.25, -0.2) is 0 Å². The fourth-order valence-corrected chi connectivity index (χ4v) is 3.80. The number of rotatable bonds is 8. The standard InChI is InChI=1S/C11H22OS2/c1-5-13-10(4)8-11(14-6-2)7-9(3)12/h10-11H,5-8H2,1-4H3. The highest BCUT2D eigenvalue weighted by Crippen LogP contribution is 2.25. The van der Waals surface area contributed by atoms with Gasteiger partial charge in [-0.1, -0.05) is 20.8 Å². The van der Waals surface area contributed by atoms with Crippen LogP contribution in [0.3, 0.4) is 0 Å². The van der Waals surface area contributed by atoms with Gasteiger partial charge < -0.3 is 0 Å². The van der Waals surface area contributed by atoms with E-state index in [1.54, 1.807) is 6.92 Å². The third kappa shape index (κ3) is 7.74. The average molecular weight is 234 g/mol. The highest BCUT2D eigenvalue weighted by Gasteiger charge is 2.14. The lowest BCUT2D eigenvalue weighted by Gasteiger charge is -2.18. The van der Waals surface area contributed by atoms with Crippen molar-refractivity contribution in [3.63, 3.8) is 0 Å². The van der Waals surface area contributed by atoms with E-state index in [1.807, 2.05) is 23.5 Å². The second-order valence-electron chi connectivity index (χ2n) is 3.49. The summed E-state index contributed by atoms with van der Waals surface area (Å²) in [5, 5.41) is 1.22. The Balaban J connectivity index is 3.87. The summed E-state index contributed by atoms with van der Waals surface area (Å²) in [5.74, 6) is 2.61. The maximum atomic E-state index is 11.0. The molecule has 1 nitrogen and oxygen atoms in total. The molecular weight excluding hydrogens is 212 g/mol. The summed E-state index contributed by atoms with van der Waals surface area (Å²) in [6, 6.07) is 0. The lowest BCUT2D eigenvalue weighted by molar-refractivity contribution is -0.117. The molecule has 0 saturated carbocycles. The summed E-state index contributed by atoms with van der Waals surface area (Å²) in [6.45, 7) is 8.31. The smallest absolute Gasteiger partial charge is 0.130 e. The zero-order valence-corrected chi connectivity index (χ0v) is 11.3. The Morgan fingerprint density at radius 1 is 1.21 bits per heavy atom. The number of carbonyl (C=O) groups excluding carboxylic acids is 1. The van der Waals surface area contributed by atoms with E-state index in [1.165, 1.54) is 5.75 Å². The monoisotopic (exact) mass is 234 g/mol. The van der Waals surface area contributed by atoms with Crippen molar-refractivity contribution in [1.82, 2.24) is 0 Å². The van der Waals surface area contributed by atoms with Crippen molar-refractivity contribution in [2.75, 3.05) is 11.5 Å². The highest BCUT2D eigenvalue weighted by atomic mass is 32.2. The molecule has 0 aromatic heterocycles. The molecule has 0 spiro atoms. The van der Waals surface area contributed by atoms with E-state index in [4.69, 9.17) is 0 Å². The number of ketones is 1. The molecule has 0 N–H and O–H groups in total. The Labute approximate surface area is 96.8 Å². The SMILES string of the molecule is CCSC(C)CC(CC(C)=O)SCC. The summed E-state index contributed by atoms with van der Waals surface area (Å²) in [7, 11) is 0. The van der Waals surface area contributed by atoms with Crippen LogP contribution in [-0.4, -0.2) is 27.8 Å². The topological polar surface area (TPSA) is 17.1 Å². The Morgan fingerprint density at radius 2 is 1.79 bits per heavy atom. The summed E-state index contributed by atoms with van der Waals surface area (Å²) in [5.41, 5.74) is 0. The van der Waals surface area contributed by atoms with Crippen LogP contribution in [0.25, 0.3) is 0 Å². The molecule has 3 heteroatoms. The first-order valence-corrected chi connectivity index (χ1v) is 7.42. The average Bonchev–Trinajstić information content (AvgIpc) is 2.03. The van der Waals surface area contributed by atoms with E-state index in [2.05, 4.69) is 20.8 Å². The van der Waals surface area contributed by atoms with Crippen molar-refractivity contribution in [2.45, 2.75) is 51.0 Å². The Bertz CT molecular complexity index is 159. The first-order valence-electron chi connectivity index (χ1n) is 5.32. The minimum Gasteiger partial charge on any atom is -0.300 e. The molecule has 2 unspecified atom stereocenters. The maximum Gasteiger partial charge on any atom is 0.130 e. The molecule has 0 bridgehead atoms. The molecule has 0 heterocycles. The molecule has 0 rings (SSSR count). The third-order valence-electron chi connectivity index (χ3n) is 1.96. The van der Waals surface area contributed by atoms with Crippen LogP contribution in [0.15, 0.2) is 0 Å². The number of thioether (sulfide) groups is 2. The summed E-state index contributed by atoms with van der Waals surface area (Å²) >= 11 is 3.91. The van der Waals surface area contributed by atoms with Crippen LogP contribution in [-0.2, 0) is 4.79 Å². The van der Waals surface area contributed by atoms with Crippen molar-refractivity contribution >= 4 is 29.3 Å². The van der Waals surface area contributed by atoms with E-state index in [9.17, 15) is 4.79 Å². The van der Waals surface area contributed by atoms with Gasteiger partial charge >= 0.3 is 0 Å². The minimum absolute atomic E-state index is 0.324.